The summed E-state index contributed by atoms with van der Waals surface area (Å²) in [6, 6.07) is 0. The first-order valence-electron chi connectivity index (χ1n) is 11.8. The highest BCUT2D eigenvalue weighted by molar-refractivity contribution is 5.77. The molecule has 0 aliphatic carbocycles. The van der Waals surface area contributed by atoms with Crippen LogP contribution in [-0.4, -0.2) is 5.78 Å². The third-order valence-corrected chi connectivity index (χ3v) is 5.45. The summed E-state index contributed by atoms with van der Waals surface area (Å²) in [6.07, 6.45) is 28.3. The van der Waals surface area contributed by atoms with E-state index in [9.17, 15) is 4.79 Å². The van der Waals surface area contributed by atoms with Gasteiger partial charge in [0.15, 0.2) is 0 Å². The van der Waals surface area contributed by atoms with Gasteiger partial charge in [0.05, 0.1) is 0 Å². The van der Waals surface area contributed by atoms with Gasteiger partial charge in [-0.1, -0.05) is 129 Å². The molecular formula is C24H48O. The van der Waals surface area contributed by atoms with Crippen molar-refractivity contribution in [3.63, 3.8) is 0 Å². The molecular weight excluding hydrogens is 304 g/mol. The number of hydrogen-bond donors (Lipinski definition) is 0. The third-order valence-electron chi connectivity index (χ3n) is 5.45. The fourth-order valence-electron chi connectivity index (χ4n) is 3.58. The molecule has 0 atom stereocenters. The summed E-state index contributed by atoms with van der Waals surface area (Å²) in [5, 5.41) is 0. The molecule has 0 aromatic rings. The summed E-state index contributed by atoms with van der Waals surface area (Å²) in [5.41, 5.74) is 0. The number of hydrogen-bond acceptors (Lipinski definition) is 1. The molecule has 0 rings (SSSR count). The second-order valence-corrected chi connectivity index (χ2v) is 8.01. The van der Waals surface area contributed by atoms with E-state index in [-0.39, 0.29) is 0 Å². The van der Waals surface area contributed by atoms with Gasteiger partial charge in [-0.2, -0.15) is 0 Å². The van der Waals surface area contributed by atoms with E-state index in [0.29, 0.717) is 5.78 Å². The van der Waals surface area contributed by atoms with Crippen molar-refractivity contribution in [1.29, 1.82) is 0 Å². The van der Waals surface area contributed by atoms with Crippen molar-refractivity contribution >= 4 is 5.78 Å². The van der Waals surface area contributed by atoms with E-state index in [2.05, 4.69) is 6.92 Å². The van der Waals surface area contributed by atoms with Gasteiger partial charge in [-0.15, -0.1) is 0 Å². The molecule has 1 heteroatoms. The number of Topliss-reactive ketones (excluding diaryl/α,β-unsaturated/α-hetero) is 1. The summed E-state index contributed by atoms with van der Waals surface area (Å²) in [7, 11) is 0. The van der Waals surface area contributed by atoms with Crippen LogP contribution < -0.4 is 0 Å². The van der Waals surface area contributed by atoms with E-state index in [1.807, 2.05) is 6.92 Å². The second-order valence-electron chi connectivity index (χ2n) is 8.01. The second kappa shape index (κ2) is 21.7. The van der Waals surface area contributed by atoms with Crippen molar-refractivity contribution in [2.75, 3.05) is 0 Å². The van der Waals surface area contributed by atoms with Crippen LogP contribution in [0, 0.1) is 0 Å². The van der Waals surface area contributed by atoms with Crippen molar-refractivity contribution in [1.82, 2.24) is 0 Å². The van der Waals surface area contributed by atoms with E-state index in [1.54, 1.807) is 0 Å². The number of rotatable bonds is 21. The van der Waals surface area contributed by atoms with Crippen LogP contribution in [0.2, 0.25) is 0 Å². The average Bonchev–Trinajstić information content (AvgIpc) is 2.63. The van der Waals surface area contributed by atoms with Crippen LogP contribution in [0.1, 0.15) is 149 Å². The van der Waals surface area contributed by atoms with E-state index in [4.69, 9.17) is 0 Å². The van der Waals surface area contributed by atoms with Crippen molar-refractivity contribution < 1.29 is 4.79 Å². The Kier molecular flexibility index (Phi) is 21.4. The lowest BCUT2D eigenvalue weighted by Crippen LogP contribution is -1.94. The summed E-state index contributed by atoms with van der Waals surface area (Å²) in [5.74, 6) is 0.437. The molecule has 0 saturated carbocycles. The van der Waals surface area contributed by atoms with Gasteiger partial charge in [0.2, 0.25) is 0 Å². The number of unbranched alkanes of at least 4 members (excludes halogenated alkanes) is 18. The molecule has 0 saturated heterocycles. The first-order valence-corrected chi connectivity index (χ1v) is 11.8. The maximum Gasteiger partial charge on any atom is 0.132 e. The quantitative estimate of drug-likeness (QED) is 0.189. The first-order chi connectivity index (χ1) is 12.3. The molecule has 0 unspecified atom stereocenters. The molecule has 0 N–H and O–H groups in total. The maximum absolute atomic E-state index is 11.2. The van der Waals surface area contributed by atoms with E-state index < -0.39 is 0 Å². The van der Waals surface area contributed by atoms with Crippen LogP contribution in [0.3, 0.4) is 0 Å². The summed E-state index contributed by atoms with van der Waals surface area (Å²) >= 11 is 0. The minimum absolute atomic E-state index is 0.437. The van der Waals surface area contributed by atoms with Gasteiger partial charge in [-0.05, 0) is 6.42 Å². The zero-order chi connectivity index (χ0) is 18.4. The Labute approximate surface area is 159 Å². The predicted octanol–water partition coefficient (Wildman–Crippen LogP) is 8.79. The monoisotopic (exact) mass is 352 g/mol. The summed E-state index contributed by atoms with van der Waals surface area (Å²) < 4.78 is 0. The highest BCUT2D eigenvalue weighted by Crippen LogP contribution is 2.14. The largest absolute Gasteiger partial charge is 0.300 e. The van der Waals surface area contributed by atoms with Crippen LogP contribution >= 0.6 is 0 Å². The summed E-state index contributed by atoms with van der Waals surface area (Å²) in [4.78, 5) is 11.2. The average molecular weight is 353 g/mol. The predicted molar refractivity (Wildman–Crippen MR) is 113 cm³/mol. The Balaban J connectivity index is 2.99. The molecule has 1 nitrogen and oxygen atoms in total. The smallest absolute Gasteiger partial charge is 0.132 e. The molecule has 0 aromatic carbocycles. The van der Waals surface area contributed by atoms with Gasteiger partial charge >= 0.3 is 0 Å². The molecule has 0 aliphatic heterocycles. The molecule has 0 heterocycles. The minimum atomic E-state index is 0.437. The highest BCUT2D eigenvalue weighted by atomic mass is 16.1. The van der Waals surface area contributed by atoms with Crippen molar-refractivity contribution in [3.05, 3.63) is 0 Å². The SMILES string of the molecule is CCCCCCCCCCCCCCCCCCCCCC(=O)CC. The molecule has 0 bridgehead atoms. The van der Waals surface area contributed by atoms with Crippen molar-refractivity contribution in [3.8, 4) is 0 Å². The van der Waals surface area contributed by atoms with E-state index in [1.165, 1.54) is 116 Å². The van der Waals surface area contributed by atoms with Crippen molar-refractivity contribution in [2.24, 2.45) is 0 Å². The molecule has 0 aliphatic rings. The molecule has 0 aromatic heterocycles. The Morgan fingerprint density at radius 1 is 0.440 bits per heavy atom. The zero-order valence-electron chi connectivity index (χ0n) is 17.8. The fraction of sp³-hybridized carbons (Fsp3) is 0.958. The van der Waals surface area contributed by atoms with Gasteiger partial charge in [0.1, 0.15) is 5.78 Å². The normalized spacial score (nSPS) is 11.1. The molecule has 150 valence electrons. The number of ketones is 1. The highest BCUT2D eigenvalue weighted by Gasteiger charge is 1.98. The number of carbonyl (C=O) groups is 1. The van der Waals surface area contributed by atoms with Gasteiger partial charge < -0.3 is 0 Å². The van der Waals surface area contributed by atoms with Gasteiger partial charge in [0.25, 0.3) is 0 Å². The van der Waals surface area contributed by atoms with E-state index in [0.717, 1.165) is 19.3 Å². The molecule has 0 amide bonds. The standard InChI is InChI=1S/C24H48O/c1-3-5-6-7-8-9-10-11-12-13-14-15-16-17-18-19-20-21-22-23-24(25)4-2/h3-23H2,1-2H3. The van der Waals surface area contributed by atoms with E-state index >= 15 is 0 Å². The van der Waals surface area contributed by atoms with Crippen LogP contribution in [-0.2, 0) is 4.79 Å². The Morgan fingerprint density at radius 3 is 1.00 bits per heavy atom. The van der Waals surface area contributed by atoms with Gasteiger partial charge in [-0.3, -0.25) is 4.79 Å². The topological polar surface area (TPSA) is 17.1 Å². The Bertz CT molecular complexity index is 259. The number of carbonyl (C=O) groups excluding carboxylic acids is 1. The Hall–Kier alpha value is -0.330. The third kappa shape index (κ3) is 21.6. The van der Waals surface area contributed by atoms with Gasteiger partial charge in [0, 0.05) is 12.8 Å². The lowest BCUT2D eigenvalue weighted by Gasteiger charge is -2.04. The van der Waals surface area contributed by atoms with Crippen LogP contribution in [0.15, 0.2) is 0 Å². The van der Waals surface area contributed by atoms with Crippen LogP contribution in [0.4, 0.5) is 0 Å². The minimum Gasteiger partial charge on any atom is -0.300 e. The lowest BCUT2D eigenvalue weighted by molar-refractivity contribution is -0.118. The summed E-state index contributed by atoms with van der Waals surface area (Å²) in [6.45, 7) is 4.26. The molecule has 0 fully saturated rings. The first kappa shape index (κ1) is 24.7. The van der Waals surface area contributed by atoms with Gasteiger partial charge in [-0.25, -0.2) is 0 Å². The Morgan fingerprint density at radius 2 is 0.720 bits per heavy atom. The molecule has 0 radical (unpaired) electrons. The maximum atomic E-state index is 11.2. The van der Waals surface area contributed by atoms with Crippen molar-refractivity contribution in [2.45, 2.75) is 149 Å². The fourth-order valence-corrected chi connectivity index (χ4v) is 3.58. The van der Waals surface area contributed by atoms with Crippen LogP contribution in [0.5, 0.6) is 0 Å². The molecule has 25 heavy (non-hydrogen) atoms. The molecule has 0 spiro atoms. The lowest BCUT2D eigenvalue weighted by atomic mass is 10.0. The zero-order valence-corrected chi connectivity index (χ0v) is 17.8. The van der Waals surface area contributed by atoms with Crippen LogP contribution in [0.25, 0.3) is 0 Å².